The van der Waals surface area contributed by atoms with Gasteiger partial charge in [-0.2, -0.15) is 0 Å². The van der Waals surface area contributed by atoms with E-state index in [1.807, 2.05) is 0 Å². The molecule has 3 saturated carbocycles. The topological polar surface area (TPSA) is 26.3 Å². The molecule has 0 spiro atoms. The molecule has 176 valence electrons. The van der Waals surface area contributed by atoms with E-state index in [2.05, 4.69) is 40.7 Å². The van der Waals surface area contributed by atoms with Crippen LogP contribution in [0.2, 0.25) is 0 Å². The Bertz CT molecular complexity index is 693. The monoisotopic (exact) mass is 428 g/mol. The van der Waals surface area contributed by atoms with E-state index in [-0.39, 0.29) is 12.1 Å². The third-order valence-corrected chi connectivity index (χ3v) is 10.6. The van der Waals surface area contributed by atoms with Gasteiger partial charge in [-0.3, -0.25) is 4.79 Å². The van der Waals surface area contributed by atoms with Gasteiger partial charge in [-0.05, 0) is 91.3 Å². The first-order chi connectivity index (χ1) is 14.6. The zero-order valence-electron chi connectivity index (χ0n) is 21.2. The summed E-state index contributed by atoms with van der Waals surface area (Å²) in [5, 5.41) is 0. The minimum Gasteiger partial charge on any atom is -0.462 e. The molecule has 0 aliphatic heterocycles. The van der Waals surface area contributed by atoms with E-state index in [1.54, 1.807) is 12.5 Å². The molecule has 0 aromatic carbocycles. The van der Waals surface area contributed by atoms with E-state index in [0.29, 0.717) is 10.8 Å². The molecule has 0 saturated heterocycles. The molecule has 31 heavy (non-hydrogen) atoms. The Hall–Kier alpha value is -0.790. The molecule has 0 N–H and O–H groups in total. The average molecular weight is 429 g/mol. The number of carbonyl (C=O) groups excluding carboxylic acids is 1. The lowest BCUT2D eigenvalue weighted by Gasteiger charge is -2.58. The Morgan fingerprint density at radius 3 is 2.55 bits per heavy atom. The van der Waals surface area contributed by atoms with Crippen molar-refractivity contribution in [3.05, 3.63) is 11.6 Å². The van der Waals surface area contributed by atoms with Gasteiger partial charge < -0.3 is 4.74 Å². The Balaban J connectivity index is 1.47. The van der Waals surface area contributed by atoms with Crippen LogP contribution < -0.4 is 0 Å². The lowest BCUT2D eigenvalue weighted by atomic mass is 9.47. The van der Waals surface area contributed by atoms with Gasteiger partial charge in [0.15, 0.2) is 0 Å². The predicted molar refractivity (Wildman–Crippen MR) is 129 cm³/mol. The maximum atomic E-state index is 11.5. The second kappa shape index (κ2) is 8.86. The van der Waals surface area contributed by atoms with Crippen LogP contribution in [0.5, 0.6) is 0 Å². The zero-order valence-corrected chi connectivity index (χ0v) is 21.2. The molecule has 0 radical (unpaired) electrons. The number of allylic oxidation sites excluding steroid dienone is 1. The number of rotatable bonds is 6. The van der Waals surface area contributed by atoms with E-state index in [1.165, 1.54) is 57.8 Å². The number of esters is 1. The second-order valence-electron chi connectivity index (χ2n) is 12.8. The van der Waals surface area contributed by atoms with Crippen LogP contribution in [-0.4, -0.2) is 12.1 Å². The zero-order chi connectivity index (χ0) is 22.4. The Kier molecular flexibility index (Phi) is 6.68. The quantitative estimate of drug-likeness (QED) is 0.317. The molecule has 4 aliphatic rings. The standard InChI is InChI=1S/C29H48O2/c1-19(2)8-7-9-20(3)25-12-13-26-24-11-10-22-18-23(31-21(4)30)14-16-28(22,5)27(24)15-17-29(25,26)6/h10,19-20,23-27H,7-9,11-18H2,1-6H3/t20-,23-,24?,25?,26?,27?,28+,29-/m1/s1. The third kappa shape index (κ3) is 4.26. The first-order valence-corrected chi connectivity index (χ1v) is 13.5. The molecular weight excluding hydrogens is 380 g/mol. The minimum atomic E-state index is -0.115. The molecule has 0 heterocycles. The van der Waals surface area contributed by atoms with Crippen molar-refractivity contribution in [2.45, 2.75) is 118 Å². The van der Waals surface area contributed by atoms with E-state index < -0.39 is 0 Å². The number of hydrogen-bond acceptors (Lipinski definition) is 2. The summed E-state index contributed by atoms with van der Waals surface area (Å²) < 4.78 is 5.61. The van der Waals surface area contributed by atoms with Crippen molar-refractivity contribution in [3.63, 3.8) is 0 Å². The van der Waals surface area contributed by atoms with Crippen molar-refractivity contribution >= 4 is 5.97 Å². The molecular formula is C29H48O2. The molecule has 3 fully saturated rings. The van der Waals surface area contributed by atoms with Crippen LogP contribution in [0.25, 0.3) is 0 Å². The predicted octanol–water partition coefficient (Wildman–Crippen LogP) is 7.96. The maximum absolute atomic E-state index is 11.5. The third-order valence-electron chi connectivity index (χ3n) is 10.6. The SMILES string of the molecule is CC(=O)O[C@@H]1CC[C@@]2(C)C(=CCC3C4CCC([C@H](C)CCCC(C)C)[C@@]4(C)CCC32)C1. The van der Waals surface area contributed by atoms with Crippen LogP contribution in [0, 0.1) is 46.3 Å². The highest BCUT2D eigenvalue weighted by Gasteiger charge is 2.59. The van der Waals surface area contributed by atoms with Crippen LogP contribution in [0.1, 0.15) is 112 Å². The van der Waals surface area contributed by atoms with Crippen LogP contribution in [0.4, 0.5) is 0 Å². The fraction of sp³-hybridized carbons (Fsp3) is 0.897. The Morgan fingerprint density at radius 1 is 1.06 bits per heavy atom. The summed E-state index contributed by atoms with van der Waals surface area (Å²) in [6.45, 7) is 14.1. The van der Waals surface area contributed by atoms with Gasteiger partial charge in [0.2, 0.25) is 0 Å². The van der Waals surface area contributed by atoms with Crippen molar-refractivity contribution < 1.29 is 9.53 Å². The first-order valence-electron chi connectivity index (χ1n) is 13.5. The van der Waals surface area contributed by atoms with E-state index >= 15 is 0 Å². The molecule has 4 aliphatic carbocycles. The van der Waals surface area contributed by atoms with Gasteiger partial charge in [0.1, 0.15) is 6.10 Å². The highest BCUT2D eigenvalue weighted by Crippen LogP contribution is 2.67. The van der Waals surface area contributed by atoms with Crippen molar-refractivity contribution in [2.75, 3.05) is 0 Å². The van der Waals surface area contributed by atoms with E-state index in [4.69, 9.17) is 4.74 Å². The van der Waals surface area contributed by atoms with Gasteiger partial charge in [0, 0.05) is 13.3 Å². The second-order valence-corrected chi connectivity index (χ2v) is 12.8. The fourth-order valence-corrected chi connectivity index (χ4v) is 8.99. The highest BCUT2D eigenvalue weighted by molar-refractivity contribution is 5.66. The van der Waals surface area contributed by atoms with E-state index in [0.717, 1.165) is 48.3 Å². The van der Waals surface area contributed by atoms with Gasteiger partial charge >= 0.3 is 5.97 Å². The lowest BCUT2D eigenvalue weighted by molar-refractivity contribution is -0.148. The summed E-state index contributed by atoms with van der Waals surface area (Å²) in [6, 6.07) is 0. The van der Waals surface area contributed by atoms with Crippen molar-refractivity contribution in [3.8, 4) is 0 Å². The summed E-state index contributed by atoms with van der Waals surface area (Å²) in [4.78, 5) is 11.5. The Labute approximate surface area is 192 Å². The summed E-state index contributed by atoms with van der Waals surface area (Å²) in [7, 11) is 0. The van der Waals surface area contributed by atoms with Gasteiger partial charge in [0.25, 0.3) is 0 Å². The van der Waals surface area contributed by atoms with Gasteiger partial charge in [0.05, 0.1) is 0 Å². The maximum Gasteiger partial charge on any atom is 0.302 e. The van der Waals surface area contributed by atoms with Crippen LogP contribution in [0.15, 0.2) is 11.6 Å². The number of ether oxygens (including phenoxy) is 1. The molecule has 0 amide bonds. The van der Waals surface area contributed by atoms with Gasteiger partial charge in [-0.15, -0.1) is 0 Å². The summed E-state index contributed by atoms with van der Waals surface area (Å²) in [5.74, 6) is 5.19. The van der Waals surface area contributed by atoms with Gasteiger partial charge in [-0.25, -0.2) is 0 Å². The summed E-state index contributed by atoms with van der Waals surface area (Å²) >= 11 is 0. The van der Waals surface area contributed by atoms with Crippen LogP contribution in [0.3, 0.4) is 0 Å². The van der Waals surface area contributed by atoms with Crippen LogP contribution >= 0.6 is 0 Å². The molecule has 4 unspecified atom stereocenters. The molecule has 0 bridgehead atoms. The van der Waals surface area contributed by atoms with Crippen molar-refractivity contribution in [1.82, 2.24) is 0 Å². The minimum absolute atomic E-state index is 0.115. The van der Waals surface area contributed by atoms with Crippen LogP contribution in [-0.2, 0) is 9.53 Å². The molecule has 0 aromatic heterocycles. The first kappa shape index (κ1) is 23.4. The lowest BCUT2D eigenvalue weighted by Crippen LogP contribution is -2.51. The number of hydrogen-bond donors (Lipinski definition) is 0. The number of fused-ring (bicyclic) bond motifs is 5. The normalized spacial score (nSPS) is 42.9. The molecule has 4 rings (SSSR count). The highest BCUT2D eigenvalue weighted by atomic mass is 16.5. The molecule has 8 atom stereocenters. The average Bonchev–Trinajstić information content (AvgIpc) is 3.05. The molecule has 2 nitrogen and oxygen atoms in total. The summed E-state index contributed by atoms with van der Waals surface area (Å²) in [6.07, 6.45) is 17.2. The van der Waals surface area contributed by atoms with Crippen molar-refractivity contribution in [2.24, 2.45) is 46.3 Å². The Morgan fingerprint density at radius 2 is 1.84 bits per heavy atom. The van der Waals surface area contributed by atoms with E-state index in [9.17, 15) is 4.79 Å². The molecule has 2 heteroatoms. The van der Waals surface area contributed by atoms with Crippen molar-refractivity contribution in [1.29, 1.82) is 0 Å². The summed E-state index contributed by atoms with van der Waals surface area (Å²) in [5.41, 5.74) is 2.53. The van der Waals surface area contributed by atoms with Gasteiger partial charge in [-0.1, -0.05) is 65.5 Å². The smallest absolute Gasteiger partial charge is 0.302 e. The largest absolute Gasteiger partial charge is 0.462 e. The fourth-order valence-electron chi connectivity index (χ4n) is 8.99. The molecule has 0 aromatic rings. The number of carbonyl (C=O) groups is 1.